The summed E-state index contributed by atoms with van der Waals surface area (Å²) in [5.41, 5.74) is 11.0. The third kappa shape index (κ3) is 9.87. The number of amides is 4. The van der Waals surface area contributed by atoms with E-state index in [1.807, 2.05) is 109 Å². The lowest BCUT2D eigenvalue weighted by Crippen LogP contribution is -2.58. The number of para-hydroxylation sites is 2. The summed E-state index contributed by atoms with van der Waals surface area (Å²) in [5.74, 6) is -3.79. The van der Waals surface area contributed by atoms with Crippen LogP contribution in [0.25, 0.3) is 21.8 Å². The fourth-order valence-corrected chi connectivity index (χ4v) is 6.70. The molecular weight excluding hydrogens is 711 g/mol. The van der Waals surface area contributed by atoms with Gasteiger partial charge in [0.05, 0.1) is 6.04 Å². The molecule has 2 heterocycles. The molecule has 0 radical (unpaired) electrons. The number of aliphatic carboxylic acids is 1. The van der Waals surface area contributed by atoms with Gasteiger partial charge in [-0.15, -0.1) is 0 Å². The summed E-state index contributed by atoms with van der Waals surface area (Å²) < 4.78 is 0. The first-order chi connectivity index (χ1) is 27.0. The topological polar surface area (TPSA) is 211 Å². The smallest absolute Gasteiger partial charge is 0.326 e. The molecule has 0 saturated heterocycles. The molecule has 6 rings (SSSR count). The molecule has 6 aromatic rings. The number of carbonyl (C=O) groups excluding carboxylic acids is 4. The van der Waals surface area contributed by atoms with Crippen LogP contribution in [0, 0.1) is 0 Å². The van der Waals surface area contributed by atoms with Gasteiger partial charge in [0.25, 0.3) is 0 Å². The normalized spacial score (nSPS) is 13.9. The van der Waals surface area contributed by atoms with Crippen LogP contribution in [0.2, 0.25) is 0 Å². The van der Waals surface area contributed by atoms with E-state index in [4.69, 9.17) is 5.73 Å². The maximum Gasteiger partial charge on any atom is 0.326 e. The van der Waals surface area contributed by atoms with E-state index >= 15 is 0 Å². The quantitative estimate of drug-likeness (QED) is 0.0696. The molecule has 2 aromatic heterocycles. The number of aromatic nitrogens is 2. The maximum atomic E-state index is 14.0. The van der Waals surface area contributed by atoms with Gasteiger partial charge in [-0.1, -0.05) is 97.1 Å². The van der Waals surface area contributed by atoms with Crippen molar-refractivity contribution in [2.75, 3.05) is 0 Å². The first-order valence-corrected chi connectivity index (χ1v) is 18.4. The van der Waals surface area contributed by atoms with Crippen LogP contribution in [0.3, 0.4) is 0 Å². The van der Waals surface area contributed by atoms with Crippen LogP contribution in [-0.2, 0) is 49.7 Å². The van der Waals surface area contributed by atoms with Gasteiger partial charge >= 0.3 is 5.97 Å². The molecule has 0 aliphatic rings. The summed E-state index contributed by atoms with van der Waals surface area (Å²) in [4.78, 5) is 73.5. The molecule has 13 nitrogen and oxygen atoms in total. The van der Waals surface area contributed by atoms with E-state index in [1.165, 1.54) is 6.92 Å². The van der Waals surface area contributed by atoms with E-state index in [-0.39, 0.29) is 25.7 Å². The monoisotopic (exact) mass is 755 g/mol. The number of H-pyrrole nitrogens is 2. The van der Waals surface area contributed by atoms with Gasteiger partial charge in [-0.25, -0.2) is 4.79 Å². The Labute approximate surface area is 323 Å². The minimum atomic E-state index is -1.31. The minimum Gasteiger partial charge on any atom is -0.480 e. The molecule has 9 N–H and O–H groups in total. The number of carboxylic acids is 1. The van der Waals surface area contributed by atoms with Crippen molar-refractivity contribution in [1.82, 2.24) is 31.2 Å². The lowest BCUT2D eigenvalue weighted by atomic mass is 10.0. The summed E-state index contributed by atoms with van der Waals surface area (Å²) in [6, 6.07) is 27.6. The van der Waals surface area contributed by atoms with Crippen molar-refractivity contribution in [3.8, 4) is 0 Å². The van der Waals surface area contributed by atoms with Gasteiger partial charge in [0, 0.05) is 53.5 Å². The maximum absolute atomic E-state index is 14.0. The summed E-state index contributed by atoms with van der Waals surface area (Å²) in [6.45, 7) is 1.47. The van der Waals surface area contributed by atoms with E-state index in [0.29, 0.717) is 5.56 Å². The third-order valence-corrected chi connectivity index (χ3v) is 9.75. The minimum absolute atomic E-state index is 0.00513. The van der Waals surface area contributed by atoms with E-state index in [1.54, 1.807) is 12.4 Å². The van der Waals surface area contributed by atoms with Crippen LogP contribution in [0.5, 0.6) is 0 Å². The van der Waals surface area contributed by atoms with Crippen molar-refractivity contribution >= 4 is 51.4 Å². The summed E-state index contributed by atoms with van der Waals surface area (Å²) in [7, 11) is 0. The van der Waals surface area contributed by atoms with Crippen LogP contribution in [0.4, 0.5) is 0 Å². The molecule has 5 atom stereocenters. The van der Waals surface area contributed by atoms with Crippen molar-refractivity contribution in [1.29, 1.82) is 0 Å². The van der Waals surface area contributed by atoms with E-state index in [2.05, 4.69) is 31.2 Å². The van der Waals surface area contributed by atoms with Crippen LogP contribution in [0.1, 0.15) is 29.2 Å². The van der Waals surface area contributed by atoms with E-state index < -0.39 is 59.8 Å². The Bertz CT molecular complexity index is 2310. The zero-order valence-electron chi connectivity index (χ0n) is 30.8. The molecule has 288 valence electrons. The number of rotatable bonds is 17. The molecule has 0 saturated carbocycles. The van der Waals surface area contributed by atoms with Gasteiger partial charge in [-0.2, -0.15) is 0 Å². The van der Waals surface area contributed by atoms with Crippen LogP contribution in [-0.4, -0.2) is 74.9 Å². The highest BCUT2D eigenvalue weighted by Crippen LogP contribution is 2.21. The first-order valence-electron chi connectivity index (χ1n) is 18.4. The number of carbonyl (C=O) groups is 5. The Morgan fingerprint density at radius 1 is 0.536 bits per heavy atom. The Balaban J connectivity index is 1.17. The SMILES string of the molecule is CC(NC(=O)C(Cc1ccccc1)NC(=O)C(N)Cc1ccccc1)C(=O)NC(Cc1c[nH]c2ccccc12)C(=O)NC(Cc1c[nH]c2ccccc12)C(=O)O. The fourth-order valence-electron chi connectivity index (χ4n) is 6.70. The van der Waals surface area contributed by atoms with Crippen LogP contribution in [0.15, 0.2) is 122 Å². The number of aromatic amines is 2. The Kier molecular flexibility index (Phi) is 12.6. The average molecular weight is 756 g/mol. The van der Waals surface area contributed by atoms with E-state index in [0.717, 1.165) is 38.5 Å². The summed E-state index contributed by atoms with van der Waals surface area (Å²) in [6.07, 6.45) is 3.86. The number of benzene rings is 4. The van der Waals surface area contributed by atoms with Crippen LogP contribution < -0.4 is 27.0 Å². The zero-order valence-corrected chi connectivity index (χ0v) is 30.8. The number of hydrogen-bond acceptors (Lipinski definition) is 6. The standard InChI is InChI=1S/C43H45N7O6/c1-26(47-41(53)36(21-28-14-6-3-7-15-28)49-40(52)33(44)20-27-12-4-2-5-13-27)39(51)48-37(22-29-24-45-34-18-10-8-16-31(29)34)42(54)50-38(43(55)56)23-30-25-46-35-19-11-9-17-32(30)35/h2-19,24-26,33,36-38,45-46H,20-23,44H2,1H3,(H,47,53)(H,48,51)(H,49,52)(H,50,54)(H,55,56). The Morgan fingerprint density at radius 2 is 0.964 bits per heavy atom. The predicted octanol–water partition coefficient (Wildman–Crippen LogP) is 3.29. The lowest BCUT2D eigenvalue weighted by molar-refractivity contribution is -0.142. The zero-order chi connectivity index (χ0) is 39.6. The summed E-state index contributed by atoms with van der Waals surface area (Å²) in [5, 5.41) is 22.7. The fraction of sp³-hybridized carbons (Fsp3) is 0.233. The molecule has 56 heavy (non-hydrogen) atoms. The average Bonchev–Trinajstić information content (AvgIpc) is 3.81. The molecule has 0 spiro atoms. The molecule has 0 fully saturated rings. The van der Waals surface area contributed by atoms with Gasteiger partial charge in [0.1, 0.15) is 24.2 Å². The van der Waals surface area contributed by atoms with Gasteiger partial charge in [0.15, 0.2) is 0 Å². The number of nitrogens with one attached hydrogen (secondary N) is 6. The molecule has 5 unspecified atom stereocenters. The van der Waals surface area contributed by atoms with Gasteiger partial charge < -0.3 is 42.1 Å². The number of fused-ring (bicyclic) bond motifs is 2. The van der Waals surface area contributed by atoms with Crippen molar-refractivity contribution < 1.29 is 29.1 Å². The van der Waals surface area contributed by atoms with Crippen LogP contribution >= 0.6 is 0 Å². The molecule has 0 aliphatic carbocycles. The van der Waals surface area contributed by atoms with Crippen molar-refractivity contribution in [2.45, 2.75) is 62.8 Å². The number of carboxylic acid groups (broad SMARTS) is 1. The van der Waals surface area contributed by atoms with Gasteiger partial charge in [-0.05, 0) is 47.7 Å². The second kappa shape index (κ2) is 18.1. The van der Waals surface area contributed by atoms with E-state index in [9.17, 15) is 29.1 Å². The predicted molar refractivity (Wildman–Crippen MR) is 213 cm³/mol. The lowest BCUT2D eigenvalue weighted by Gasteiger charge is -2.25. The van der Waals surface area contributed by atoms with Crippen molar-refractivity contribution in [2.24, 2.45) is 5.73 Å². The highest BCUT2D eigenvalue weighted by molar-refractivity contribution is 5.96. The Morgan fingerprint density at radius 3 is 1.52 bits per heavy atom. The first kappa shape index (κ1) is 39.0. The molecule has 0 aliphatic heterocycles. The summed E-state index contributed by atoms with van der Waals surface area (Å²) >= 11 is 0. The van der Waals surface area contributed by atoms with Gasteiger partial charge in [0.2, 0.25) is 23.6 Å². The Hall–Kier alpha value is -6.73. The highest BCUT2D eigenvalue weighted by Gasteiger charge is 2.31. The second-order valence-electron chi connectivity index (χ2n) is 13.9. The van der Waals surface area contributed by atoms with Gasteiger partial charge in [-0.3, -0.25) is 19.2 Å². The third-order valence-electron chi connectivity index (χ3n) is 9.75. The molecule has 4 amide bonds. The molecular formula is C43H45N7O6. The highest BCUT2D eigenvalue weighted by atomic mass is 16.4. The second-order valence-corrected chi connectivity index (χ2v) is 13.9. The van der Waals surface area contributed by atoms with Crippen molar-refractivity contribution in [3.63, 3.8) is 0 Å². The molecule has 4 aromatic carbocycles. The van der Waals surface area contributed by atoms with Crippen molar-refractivity contribution in [3.05, 3.63) is 144 Å². The number of hydrogen-bond donors (Lipinski definition) is 8. The molecule has 13 heteroatoms. The largest absolute Gasteiger partial charge is 0.480 e. The molecule has 0 bridgehead atoms. The number of nitrogens with two attached hydrogens (primary N) is 1.